The predicted octanol–water partition coefficient (Wildman–Crippen LogP) is 5.40. The molecule has 0 saturated heterocycles. The van der Waals surface area contributed by atoms with Crippen molar-refractivity contribution in [2.45, 2.75) is 66.2 Å². The Morgan fingerprint density at radius 3 is 1.38 bits per heavy atom. The van der Waals surface area contributed by atoms with Crippen molar-refractivity contribution in [1.82, 2.24) is 0 Å². The van der Waals surface area contributed by atoms with Gasteiger partial charge in [-0.15, -0.1) is 0 Å². The molecule has 92 valence electrons. The molecule has 0 aliphatic heterocycles. The van der Waals surface area contributed by atoms with Crippen LogP contribution in [0.3, 0.4) is 0 Å². The SMILES string of the molecule is C.C1CCC1.CC.c1ccc2c(c1)CCC2. The standard InChI is InChI=1S/C9H10.C4H8.C2H6.CH4/c1-2-5-9-7-3-6-8(9)4-1;1-2-4-3-1;1-2;/h1-2,4-5H,3,6-7H2;1-4H2;1-2H3;1H4. The number of benzene rings is 1. The summed E-state index contributed by atoms with van der Waals surface area (Å²) in [5.41, 5.74) is 3.13. The summed E-state index contributed by atoms with van der Waals surface area (Å²) >= 11 is 0. The first-order chi connectivity index (χ1) is 7.47. The second-order valence-corrected chi connectivity index (χ2v) is 4.04. The van der Waals surface area contributed by atoms with Gasteiger partial charge in [0.15, 0.2) is 0 Å². The average Bonchev–Trinajstić information content (AvgIpc) is 2.66. The van der Waals surface area contributed by atoms with Gasteiger partial charge in [-0.1, -0.05) is 71.2 Å². The minimum Gasteiger partial charge on any atom is -0.0776 e. The summed E-state index contributed by atoms with van der Waals surface area (Å²) in [4.78, 5) is 0. The molecule has 16 heavy (non-hydrogen) atoms. The molecule has 0 spiro atoms. The lowest BCUT2D eigenvalue weighted by molar-refractivity contribution is 0.504. The van der Waals surface area contributed by atoms with E-state index in [4.69, 9.17) is 0 Å². The highest BCUT2D eigenvalue weighted by molar-refractivity contribution is 5.30. The third-order valence-electron chi connectivity index (χ3n) is 3.01. The van der Waals surface area contributed by atoms with E-state index in [1.807, 2.05) is 13.8 Å². The van der Waals surface area contributed by atoms with Crippen molar-refractivity contribution in [3.8, 4) is 0 Å². The van der Waals surface area contributed by atoms with Gasteiger partial charge in [0.2, 0.25) is 0 Å². The highest BCUT2D eigenvalue weighted by Gasteiger charge is 2.07. The molecule has 0 bridgehead atoms. The number of aryl methyl sites for hydroxylation is 2. The second-order valence-electron chi connectivity index (χ2n) is 4.04. The fraction of sp³-hybridized carbons (Fsp3) is 0.625. The molecule has 0 amide bonds. The molecule has 0 aromatic heterocycles. The smallest absolute Gasteiger partial charge is 0.0273 e. The quantitative estimate of drug-likeness (QED) is 0.549. The van der Waals surface area contributed by atoms with Crippen LogP contribution in [0, 0.1) is 0 Å². The molecular formula is C16H28. The zero-order valence-corrected chi connectivity index (χ0v) is 10.3. The van der Waals surface area contributed by atoms with Crippen molar-refractivity contribution in [3.05, 3.63) is 35.4 Å². The Balaban J connectivity index is 0.000000275. The molecule has 2 aliphatic rings. The van der Waals surface area contributed by atoms with Gasteiger partial charge in [-0.25, -0.2) is 0 Å². The van der Waals surface area contributed by atoms with E-state index in [-0.39, 0.29) is 7.43 Å². The Hall–Kier alpha value is -0.780. The van der Waals surface area contributed by atoms with Gasteiger partial charge < -0.3 is 0 Å². The molecule has 0 N–H and O–H groups in total. The maximum Gasteiger partial charge on any atom is -0.0273 e. The minimum atomic E-state index is 0. The second kappa shape index (κ2) is 9.45. The van der Waals surface area contributed by atoms with Gasteiger partial charge in [-0.3, -0.25) is 0 Å². The number of rotatable bonds is 0. The highest BCUT2D eigenvalue weighted by Crippen LogP contribution is 2.20. The minimum absolute atomic E-state index is 0. The third kappa shape index (κ3) is 4.83. The Morgan fingerprint density at radius 2 is 1.06 bits per heavy atom. The van der Waals surface area contributed by atoms with Gasteiger partial charge in [-0.05, 0) is 30.4 Å². The summed E-state index contributed by atoms with van der Waals surface area (Å²) in [6, 6.07) is 8.74. The molecule has 1 saturated carbocycles. The molecule has 1 fully saturated rings. The summed E-state index contributed by atoms with van der Waals surface area (Å²) in [5.74, 6) is 0. The Morgan fingerprint density at radius 1 is 0.688 bits per heavy atom. The first-order valence-corrected chi connectivity index (χ1v) is 6.53. The average molecular weight is 220 g/mol. The van der Waals surface area contributed by atoms with Crippen LogP contribution >= 0.6 is 0 Å². The van der Waals surface area contributed by atoms with Gasteiger partial charge in [0, 0.05) is 0 Å². The molecule has 0 heterocycles. The van der Waals surface area contributed by atoms with Crippen molar-refractivity contribution in [2.24, 2.45) is 0 Å². The van der Waals surface area contributed by atoms with Crippen molar-refractivity contribution >= 4 is 0 Å². The van der Waals surface area contributed by atoms with Crippen molar-refractivity contribution < 1.29 is 0 Å². The Kier molecular flexibility index (Phi) is 8.99. The molecule has 1 aromatic carbocycles. The van der Waals surface area contributed by atoms with Crippen LogP contribution in [0.15, 0.2) is 24.3 Å². The van der Waals surface area contributed by atoms with Crippen LogP contribution < -0.4 is 0 Å². The lowest BCUT2D eigenvalue weighted by Gasteiger charge is -2.05. The lowest BCUT2D eigenvalue weighted by Crippen LogP contribution is -1.85. The molecular weight excluding hydrogens is 192 g/mol. The van der Waals surface area contributed by atoms with Crippen LogP contribution in [-0.4, -0.2) is 0 Å². The third-order valence-corrected chi connectivity index (χ3v) is 3.01. The molecule has 0 unspecified atom stereocenters. The molecule has 0 heteroatoms. The lowest BCUT2D eigenvalue weighted by atomic mass is 10.0. The van der Waals surface area contributed by atoms with Gasteiger partial charge in [-0.2, -0.15) is 0 Å². The fourth-order valence-corrected chi connectivity index (χ4v) is 1.76. The first kappa shape index (κ1) is 15.2. The zero-order valence-electron chi connectivity index (χ0n) is 10.3. The zero-order chi connectivity index (χ0) is 10.9. The van der Waals surface area contributed by atoms with Crippen molar-refractivity contribution in [2.75, 3.05) is 0 Å². The number of hydrogen-bond donors (Lipinski definition) is 0. The normalized spacial score (nSPS) is 15.1. The molecule has 3 rings (SSSR count). The van der Waals surface area contributed by atoms with Crippen LogP contribution in [0.4, 0.5) is 0 Å². The summed E-state index contributed by atoms with van der Waals surface area (Å²) in [6.07, 6.45) is 9.96. The molecule has 0 radical (unpaired) electrons. The maximum absolute atomic E-state index is 2.24. The van der Waals surface area contributed by atoms with E-state index in [0.717, 1.165) is 0 Å². The van der Waals surface area contributed by atoms with Crippen molar-refractivity contribution in [3.63, 3.8) is 0 Å². The monoisotopic (exact) mass is 220 g/mol. The van der Waals surface area contributed by atoms with Crippen LogP contribution in [0.5, 0.6) is 0 Å². The van der Waals surface area contributed by atoms with E-state index >= 15 is 0 Å². The van der Waals surface area contributed by atoms with E-state index < -0.39 is 0 Å². The highest BCUT2D eigenvalue weighted by atomic mass is 14.1. The number of fused-ring (bicyclic) bond motifs is 1. The first-order valence-electron chi connectivity index (χ1n) is 6.53. The van der Waals surface area contributed by atoms with Gasteiger partial charge in [0.1, 0.15) is 0 Å². The van der Waals surface area contributed by atoms with Gasteiger partial charge >= 0.3 is 0 Å². The summed E-state index contributed by atoms with van der Waals surface area (Å²) in [6.45, 7) is 4.00. The molecule has 0 nitrogen and oxygen atoms in total. The molecule has 2 aliphatic carbocycles. The largest absolute Gasteiger partial charge is 0.0776 e. The topological polar surface area (TPSA) is 0 Å². The fourth-order valence-electron chi connectivity index (χ4n) is 1.76. The van der Waals surface area contributed by atoms with E-state index in [2.05, 4.69) is 24.3 Å². The summed E-state index contributed by atoms with van der Waals surface area (Å²) in [7, 11) is 0. The van der Waals surface area contributed by atoms with Crippen molar-refractivity contribution in [1.29, 1.82) is 0 Å². The predicted molar refractivity (Wildman–Crippen MR) is 75.0 cm³/mol. The van der Waals surface area contributed by atoms with Crippen LogP contribution in [0.1, 0.15) is 64.5 Å². The van der Waals surface area contributed by atoms with Gasteiger partial charge in [0.25, 0.3) is 0 Å². The summed E-state index contributed by atoms with van der Waals surface area (Å²) < 4.78 is 0. The number of hydrogen-bond acceptors (Lipinski definition) is 0. The maximum atomic E-state index is 2.24. The van der Waals surface area contributed by atoms with E-state index in [9.17, 15) is 0 Å². The van der Waals surface area contributed by atoms with E-state index in [1.54, 1.807) is 11.1 Å². The molecule has 0 atom stereocenters. The molecule has 1 aromatic rings. The van der Waals surface area contributed by atoms with Crippen LogP contribution in [-0.2, 0) is 12.8 Å². The van der Waals surface area contributed by atoms with Crippen LogP contribution in [0.2, 0.25) is 0 Å². The van der Waals surface area contributed by atoms with E-state index in [0.29, 0.717) is 0 Å². The summed E-state index contributed by atoms with van der Waals surface area (Å²) in [5, 5.41) is 0. The van der Waals surface area contributed by atoms with Gasteiger partial charge in [0.05, 0.1) is 0 Å². The Bertz CT molecular complexity index is 231. The Labute approximate surface area is 102 Å². The van der Waals surface area contributed by atoms with Crippen LogP contribution in [0.25, 0.3) is 0 Å². The van der Waals surface area contributed by atoms with E-state index in [1.165, 1.54) is 44.9 Å².